The number of esters is 1. The topological polar surface area (TPSA) is 109 Å². The Balaban J connectivity index is 1.48. The van der Waals surface area contributed by atoms with E-state index < -0.39 is 52.8 Å². The third-order valence-electron chi connectivity index (χ3n) is 8.62. The zero-order valence-electron chi connectivity index (χ0n) is 20.7. The highest BCUT2D eigenvalue weighted by atomic mass is 19.4. The number of hydrogen-bond acceptors (Lipinski definition) is 6. The molecule has 2 amide bonds. The van der Waals surface area contributed by atoms with Crippen molar-refractivity contribution in [2.24, 2.45) is 23.2 Å². The Bertz CT molecular complexity index is 1000. The number of nitrogens with zero attached hydrogens (tertiary/aromatic N) is 2. The van der Waals surface area contributed by atoms with Crippen LogP contribution in [0.3, 0.4) is 0 Å². The molecule has 11 heteroatoms. The first-order valence-corrected chi connectivity index (χ1v) is 12.7. The molecule has 6 atom stereocenters. The SMILES string of the molecule is CC(C)(C)OC(=O)N[C@H](C(=O)N1C2CC2C[C@H]1C#N)C12CC3CC(CC(OC(=O)C(F)(F)F)(C3)C1)C2. The quantitative estimate of drug-likeness (QED) is 0.575. The maximum atomic E-state index is 14.1. The van der Waals surface area contributed by atoms with E-state index in [0.717, 1.165) is 12.8 Å². The van der Waals surface area contributed by atoms with Crippen LogP contribution in [0.5, 0.6) is 0 Å². The molecule has 6 aliphatic rings. The van der Waals surface area contributed by atoms with Gasteiger partial charge in [-0.3, -0.25) is 4.79 Å². The van der Waals surface area contributed by atoms with E-state index >= 15 is 0 Å². The van der Waals surface area contributed by atoms with Crippen molar-refractivity contribution in [3.05, 3.63) is 0 Å². The van der Waals surface area contributed by atoms with E-state index in [9.17, 15) is 32.8 Å². The molecule has 1 saturated heterocycles. The first kappa shape index (κ1) is 25.2. The highest BCUT2D eigenvalue weighted by Gasteiger charge is 2.66. The molecular weight excluding hydrogens is 479 g/mol. The van der Waals surface area contributed by atoms with E-state index in [4.69, 9.17) is 9.47 Å². The van der Waals surface area contributed by atoms with Gasteiger partial charge in [0, 0.05) is 11.5 Å². The molecule has 6 rings (SSSR count). The van der Waals surface area contributed by atoms with Crippen LogP contribution in [0.2, 0.25) is 0 Å². The average Bonchev–Trinajstić information content (AvgIpc) is 3.37. The highest BCUT2D eigenvalue weighted by Crippen LogP contribution is 2.64. The summed E-state index contributed by atoms with van der Waals surface area (Å²) in [6.07, 6.45) is -2.00. The number of ether oxygens (including phenoxy) is 2. The van der Waals surface area contributed by atoms with E-state index in [1.165, 1.54) is 0 Å². The van der Waals surface area contributed by atoms with Crippen molar-refractivity contribution in [1.29, 1.82) is 5.26 Å². The van der Waals surface area contributed by atoms with Crippen molar-refractivity contribution < 1.29 is 37.0 Å². The fourth-order valence-electron chi connectivity index (χ4n) is 7.90. The van der Waals surface area contributed by atoms with Crippen LogP contribution in [-0.2, 0) is 19.1 Å². The number of nitriles is 1. The van der Waals surface area contributed by atoms with Gasteiger partial charge in [-0.25, -0.2) is 9.59 Å². The van der Waals surface area contributed by atoms with E-state index in [0.29, 0.717) is 32.1 Å². The number of hydrogen-bond donors (Lipinski definition) is 1. The molecule has 198 valence electrons. The predicted octanol–water partition coefficient (Wildman–Crippen LogP) is 3.84. The molecule has 0 aromatic heterocycles. The second-order valence-corrected chi connectivity index (χ2v) is 12.7. The zero-order valence-corrected chi connectivity index (χ0v) is 20.7. The molecule has 5 aliphatic carbocycles. The van der Waals surface area contributed by atoms with Crippen molar-refractivity contribution in [2.45, 2.75) is 108 Å². The number of amides is 2. The maximum Gasteiger partial charge on any atom is 0.490 e. The largest absolute Gasteiger partial charge is 0.490 e. The van der Waals surface area contributed by atoms with Crippen LogP contribution in [0.1, 0.15) is 72.1 Å². The lowest BCUT2D eigenvalue weighted by Gasteiger charge is -2.62. The minimum atomic E-state index is -5.11. The molecule has 1 N–H and O–H groups in total. The molecule has 0 aromatic rings. The fraction of sp³-hybridized carbons (Fsp3) is 0.840. The van der Waals surface area contributed by atoms with Gasteiger partial charge in [0.15, 0.2) is 0 Å². The Kier molecular flexibility index (Phi) is 5.58. The van der Waals surface area contributed by atoms with E-state index in [1.54, 1.807) is 25.7 Å². The molecule has 4 unspecified atom stereocenters. The molecule has 8 nitrogen and oxygen atoms in total. The second-order valence-electron chi connectivity index (χ2n) is 12.7. The molecule has 6 fully saturated rings. The first-order valence-electron chi connectivity index (χ1n) is 12.7. The number of piperidine rings is 1. The molecule has 0 aromatic carbocycles. The van der Waals surface area contributed by atoms with Gasteiger partial charge in [-0.2, -0.15) is 18.4 Å². The van der Waals surface area contributed by atoms with E-state index in [-0.39, 0.29) is 30.2 Å². The third kappa shape index (κ3) is 4.41. The van der Waals surface area contributed by atoms with Gasteiger partial charge in [0.25, 0.3) is 0 Å². The monoisotopic (exact) mass is 511 g/mol. The van der Waals surface area contributed by atoms with Crippen molar-refractivity contribution in [3.63, 3.8) is 0 Å². The summed E-state index contributed by atoms with van der Waals surface area (Å²) in [5.74, 6) is -2.40. The first-order chi connectivity index (χ1) is 16.6. The summed E-state index contributed by atoms with van der Waals surface area (Å²) in [6.45, 7) is 5.09. The van der Waals surface area contributed by atoms with Gasteiger partial charge in [-0.1, -0.05) is 0 Å². The van der Waals surface area contributed by atoms with Crippen LogP contribution < -0.4 is 5.32 Å². The number of nitrogens with one attached hydrogen (secondary N) is 1. The Morgan fingerprint density at radius 1 is 1.06 bits per heavy atom. The summed E-state index contributed by atoms with van der Waals surface area (Å²) >= 11 is 0. The van der Waals surface area contributed by atoms with Crippen LogP contribution in [0.15, 0.2) is 0 Å². The summed E-state index contributed by atoms with van der Waals surface area (Å²) in [7, 11) is 0. The lowest BCUT2D eigenvalue weighted by atomic mass is 9.46. The fourth-order valence-corrected chi connectivity index (χ4v) is 7.90. The van der Waals surface area contributed by atoms with E-state index in [2.05, 4.69) is 11.4 Å². The van der Waals surface area contributed by atoms with Crippen LogP contribution in [0.4, 0.5) is 18.0 Å². The second kappa shape index (κ2) is 7.99. The Morgan fingerprint density at radius 3 is 2.25 bits per heavy atom. The highest BCUT2D eigenvalue weighted by molar-refractivity contribution is 5.88. The molecule has 1 aliphatic heterocycles. The number of likely N-dealkylation sites (tertiary alicyclic amines) is 1. The van der Waals surface area contributed by atoms with Gasteiger partial charge in [-0.15, -0.1) is 0 Å². The lowest BCUT2D eigenvalue weighted by molar-refractivity contribution is -0.240. The molecule has 5 saturated carbocycles. The average molecular weight is 512 g/mol. The Morgan fingerprint density at radius 2 is 1.69 bits per heavy atom. The van der Waals surface area contributed by atoms with Crippen LogP contribution in [0.25, 0.3) is 0 Å². The normalized spacial score (nSPS) is 39.1. The van der Waals surface area contributed by atoms with Crippen molar-refractivity contribution in [3.8, 4) is 6.07 Å². The van der Waals surface area contributed by atoms with Gasteiger partial charge in [0.2, 0.25) is 5.91 Å². The van der Waals surface area contributed by atoms with Gasteiger partial charge < -0.3 is 19.7 Å². The van der Waals surface area contributed by atoms with Crippen LogP contribution in [-0.4, -0.2) is 58.4 Å². The summed E-state index contributed by atoms with van der Waals surface area (Å²) in [5.41, 5.74) is -3.05. The Hall–Kier alpha value is -2.51. The van der Waals surface area contributed by atoms with Gasteiger partial charge in [0.1, 0.15) is 23.3 Å². The van der Waals surface area contributed by atoms with Gasteiger partial charge >= 0.3 is 18.2 Å². The van der Waals surface area contributed by atoms with Gasteiger partial charge in [0.05, 0.1) is 6.07 Å². The molecular formula is C25H32F3N3O5. The lowest BCUT2D eigenvalue weighted by Crippen LogP contribution is -2.67. The summed E-state index contributed by atoms with van der Waals surface area (Å²) in [6, 6.07) is 0.446. The van der Waals surface area contributed by atoms with Crippen LogP contribution >= 0.6 is 0 Å². The van der Waals surface area contributed by atoms with Crippen LogP contribution in [0, 0.1) is 34.5 Å². The number of halogens is 3. The summed E-state index contributed by atoms with van der Waals surface area (Å²) in [4.78, 5) is 40.4. The molecule has 0 spiro atoms. The minimum absolute atomic E-state index is 0.0259. The van der Waals surface area contributed by atoms with Crippen molar-refractivity contribution in [1.82, 2.24) is 10.2 Å². The molecule has 36 heavy (non-hydrogen) atoms. The number of carbonyl (C=O) groups excluding carboxylic acids is 3. The number of carbonyl (C=O) groups is 3. The molecule has 4 bridgehead atoms. The molecule has 0 radical (unpaired) electrons. The van der Waals surface area contributed by atoms with Crippen molar-refractivity contribution in [2.75, 3.05) is 0 Å². The van der Waals surface area contributed by atoms with Crippen molar-refractivity contribution >= 4 is 18.0 Å². The maximum absolute atomic E-state index is 14.1. The zero-order chi connectivity index (χ0) is 26.3. The number of rotatable bonds is 4. The Labute approximate surface area is 207 Å². The molecule has 1 heterocycles. The van der Waals surface area contributed by atoms with Gasteiger partial charge in [-0.05, 0) is 89.9 Å². The number of alkyl carbamates (subject to hydrolysis) is 1. The number of alkyl halides is 3. The standard InChI is InChI=1S/C25H32F3N3O5/c1-22(2,3)36-21(34)30-18(19(32)31-16(11-29)5-15-6-17(15)31)23-7-13-4-14(8-23)10-24(9-13,12-23)35-20(33)25(26,27)28/h13-18H,4-10,12H2,1-3H3,(H,30,34)/t13?,14?,15?,16-,17?,18+,23?,24?/m0/s1. The van der Waals surface area contributed by atoms with E-state index in [1.807, 2.05) is 0 Å². The number of fused-ring (bicyclic) bond motifs is 1. The summed E-state index contributed by atoms with van der Waals surface area (Å²) in [5, 5.41) is 12.4. The third-order valence-corrected chi connectivity index (χ3v) is 8.62. The minimum Gasteiger partial charge on any atom is -0.452 e. The predicted molar refractivity (Wildman–Crippen MR) is 118 cm³/mol. The smallest absolute Gasteiger partial charge is 0.452 e. The summed E-state index contributed by atoms with van der Waals surface area (Å²) < 4.78 is 50.0.